The van der Waals surface area contributed by atoms with Crippen LogP contribution >= 0.6 is 45.3 Å². The normalized spacial score (nSPS) is 20.2. The molecular formula is C102H111F3N24O8S4. The summed E-state index contributed by atoms with van der Waals surface area (Å²) in [5, 5.41) is 15.9. The van der Waals surface area contributed by atoms with Crippen LogP contribution in [-0.4, -0.2) is 198 Å². The van der Waals surface area contributed by atoms with E-state index in [2.05, 4.69) is 101 Å². The molecule has 4 bridgehead atoms. The van der Waals surface area contributed by atoms with Crippen LogP contribution in [-0.2, 0) is 25.6 Å². The number of hydrogen-bond donors (Lipinski definition) is 4. The number of likely N-dealkylation sites (tertiary alicyclic amines) is 4. The number of aryl methyl sites for hydroxylation is 4. The van der Waals surface area contributed by atoms with E-state index in [0.717, 1.165) is 126 Å². The van der Waals surface area contributed by atoms with Gasteiger partial charge in [-0.05, 0) is 190 Å². The Labute approximate surface area is 828 Å². The van der Waals surface area contributed by atoms with Gasteiger partial charge in [0, 0.05) is 156 Å². The van der Waals surface area contributed by atoms with Gasteiger partial charge < -0.3 is 40.9 Å². The highest BCUT2D eigenvalue weighted by molar-refractivity contribution is 7.20. The molecule has 7 saturated carbocycles. The van der Waals surface area contributed by atoms with Crippen LogP contribution in [0.2, 0.25) is 0 Å². The average molecular weight is 1990 g/mol. The smallest absolute Gasteiger partial charge is 0.274 e. The average Bonchev–Trinajstić information content (AvgIpc) is 1.70. The van der Waals surface area contributed by atoms with E-state index < -0.39 is 17.5 Å². The second-order valence-electron chi connectivity index (χ2n) is 39.7. The van der Waals surface area contributed by atoms with Crippen LogP contribution in [0.1, 0.15) is 257 Å². The molecule has 4 saturated heterocycles. The van der Waals surface area contributed by atoms with Crippen molar-refractivity contribution in [3.8, 4) is 0 Å². The second kappa shape index (κ2) is 41.4. The van der Waals surface area contributed by atoms with E-state index >= 15 is 0 Å². The lowest BCUT2D eigenvalue weighted by Gasteiger charge is -2.61. The van der Waals surface area contributed by atoms with Crippen LogP contribution in [0.15, 0.2) is 110 Å². The minimum atomic E-state index is -0.432. The molecule has 4 atom stereocenters. The molecule has 39 heteroatoms. The SMILES string of the molecule is Cc1nc2nc(N[C@@H](C)c3cccnc3)nc(C(=O)N3CC(CC(=O)C45CC(C4)C5)C3)c2s1.Cc1nc2nc(N[C@@H](C)c3cncc(F)c3)nc(C(=O)N3CC(CC(=O)C45CCC(CC4)CC5)C3)c2s1.Cc1nc2nc(N[C@@H](C)c3cncc(F)c3)nc(C(=O)N3CC(CC(=O)C4CCCCC4)C3)c2s1.Cc1nc2nc(N[C@@H](C)c3cncc(F)c3)nc(C(=O)N3CC(CC(=O)Cc4ccccc4)C3)c2s1. The monoisotopic (exact) mass is 1980 g/mol. The summed E-state index contributed by atoms with van der Waals surface area (Å²) in [5.41, 5.74) is 7.04. The number of amides is 4. The van der Waals surface area contributed by atoms with Gasteiger partial charge in [0.1, 0.15) is 59.4 Å². The van der Waals surface area contributed by atoms with E-state index in [0.29, 0.717) is 183 Å². The first-order chi connectivity index (χ1) is 67.9. The first-order valence-corrected chi connectivity index (χ1v) is 51.9. The Bertz CT molecular complexity index is 6880. The van der Waals surface area contributed by atoms with E-state index in [1.165, 1.54) is 89.2 Å². The van der Waals surface area contributed by atoms with Gasteiger partial charge >= 0.3 is 0 Å². The van der Waals surface area contributed by atoms with Gasteiger partial charge in [-0.2, -0.15) is 19.9 Å². The lowest BCUT2D eigenvalue weighted by molar-refractivity contribution is -0.164. The number of pyridine rings is 4. The van der Waals surface area contributed by atoms with E-state index in [1.54, 1.807) is 50.6 Å². The predicted molar refractivity (Wildman–Crippen MR) is 531 cm³/mol. The lowest BCUT2D eigenvalue weighted by Crippen LogP contribution is -2.58. The summed E-state index contributed by atoms with van der Waals surface area (Å²) in [6.07, 6.45) is 29.9. The van der Waals surface area contributed by atoms with Crippen molar-refractivity contribution in [2.24, 2.45) is 52.3 Å². The summed E-state index contributed by atoms with van der Waals surface area (Å²) >= 11 is 5.60. The number of rotatable bonds is 29. The number of nitrogens with one attached hydrogen (secondary N) is 4. The highest BCUT2D eigenvalue weighted by atomic mass is 32.1. The fraction of sp³-hybridized carbons (Fsp3) is 0.471. The fourth-order valence-electron chi connectivity index (χ4n) is 20.9. The Balaban J connectivity index is 0.000000120. The Morgan fingerprint density at radius 1 is 0.376 bits per heavy atom. The standard InChI is InChI=1S/C27H31FN6O2S.C26H25FN6O2S.C25H29FN6O2S.C24H26N6O2S/c1-15(19-10-20(28)12-29-11-19)30-26-32-22(23-24(33-26)31-16(2)37-23)25(36)34-13-18(14-34)9-21(35)27-6-3-17(4-7-27)5-8-27;1-15(19-10-20(27)12-28-11-19)29-26-31-22(23-24(32-26)30-16(2)36-23)25(35)33-13-18(14-33)9-21(34)8-17-6-4-3-5-7-17;1-14(18-9-19(26)11-27-10-18)28-25-30-21(22-23(31-25)29-15(2)35-22)24(34)32-12-16(13-32)8-20(33)17-6-4-3-5-7-17;1-13(17-4-3-5-25-10-17)26-23-28-19(20-21(29-23)27-14(2)33-20)22(32)30-11-15(12-30)6-18(31)24-7-16(8-24)9-24/h10-12,15,17-18H,3-9,13-14H2,1-2H3,(H,30,32,33);3-7,10-12,15,18H,8-9,13-14H2,1-2H3,(H,29,31,32);9-11,14,16-17H,3-8,12-13H2,1-2H3,(H,28,30,31);3-5,10,13,15-16H,6-9,11-12H2,1-2H3,(H,26,28,29)/t15-,17?,27?;15-;14-;13-,16?,24?/m0000/s1. The van der Waals surface area contributed by atoms with Gasteiger partial charge in [0.2, 0.25) is 23.8 Å². The molecule has 7 aliphatic carbocycles. The van der Waals surface area contributed by atoms with Crippen LogP contribution < -0.4 is 21.3 Å². The predicted octanol–water partition coefficient (Wildman–Crippen LogP) is 18.0. The minimum Gasteiger partial charge on any atom is -0.348 e. The summed E-state index contributed by atoms with van der Waals surface area (Å²) in [6, 6.07) is 16.7. The number of anilines is 4. The summed E-state index contributed by atoms with van der Waals surface area (Å²) in [5.74, 6) is 3.24. The Kier molecular flexibility index (Phi) is 28.5. The summed E-state index contributed by atoms with van der Waals surface area (Å²) in [4.78, 5) is 182. The van der Waals surface area contributed by atoms with Gasteiger partial charge in [0.05, 0.1) is 62.8 Å². The van der Waals surface area contributed by atoms with E-state index in [1.807, 2.05) is 97.9 Å². The van der Waals surface area contributed by atoms with Crippen LogP contribution in [0, 0.1) is 97.4 Å². The highest BCUT2D eigenvalue weighted by Crippen LogP contribution is 2.65. The number of carbonyl (C=O) groups is 8. The maximum Gasteiger partial charge on any atom is 0.274 e. The Hall–Kier alpha value is -12.8. The first kappa shape index (κ1) is 97.1. The van der Waals surface area contributed by atoms with Crippen molar-refractivity contribution in [1.82, 2.24) is 99.3 Å². The topological polar surface area (TPSA) is 404 Å². The summed E-state index contributed by atoms with van der Waals surface area (Å²) in [6.45, 7) is 19.6. The van der Waals surface area contributed by atoms with Crippen molar-refractivity contribution in [1.29, 1.82) is 0 Å². The van der Waals surface area contributed by atoms with Gasteiger partial charge in [-0.3, -0.25) is 58.3 Å². The van der Waals surface area contributed by atoms with E-state index in [9.17, 15) is 51.5 Å². The molecule has 1 aromatic carbocycles. The second-order valence-corrected chi connectivity index (χ2v) is 44.5. The zero-order valence-electron chi connectivity index (χ0n) is 79.8. The molecule has 16 heterocycles. The number of nitrogens with zero attached hydrogens (tertiary/aromatic N) is 20. The molecule has 13 aromatic rings. The minimum absolute atomic E-state index is 0.0135. The van der Waals surface area contributed by atoms with Crippen molar-refractivity contribution in [3.63, 3.8) is 0 Å². The molecule has 24 rings (SSSR count). The number of carbonyl (C=O) groups excluding carboxylic acids is 8. The molecule has 12 aromatic heterocycles. The number of aromatic nitrogens is 16. The third-order valence-electron chi connectivity index (χ3n) is 29.0. The van der Waals surface area contributed by atoms with Crippen LogP contribution in [0.4, 0.5) is 37.0 Å². The van der Waals surface area contributed by atoms with E-state index in [4.69, 9.17) is 0 Å². The van der Waals surface area contributed by atoms with Crippen molar-refractivity contribution in [3.05, 3.63) is 198 Å². The molecule has 732 valence electrons. The maximum atomic E-state index is 13.6. The Morgan fingerprint density at radius 2 is 0.716 bits per heavy atom. The van der Waals surface area contributed by atoms with Gasteiger partial charge in [0.15, 0.2) is 45.4 Å². The van der Waals surface area contributed by atoms with Crippen molar-refractivity contribution in [2.75, 3.05) is 73.6 Å². The molecule has 4 amide bonds. The molecule has 0 unspecified atom stereocenters. The maximum absolute atomic E-state index is 13.6. The molecule has 4 N–H and O–H groups in total. The highest BCUT2D eigenvalue weighted by Gasteiger charge is 2.61. The molecule has 11 fully saturated rings. The van der Waals surface area contributed by atoms with Gasteiger partial charge in [-0.15, -0.1) is 45.3 Å². The van der Waals surface area contributed by atoms with Gasteiger partial charge in [0.25, 0.3) is 23.6 Å². The molecule has 0 radical (unpaired) electrons. The van der Waals surface area contributed by atoms with Crippen molar-refractivity contribution < 1.29 is 51.5 Å². The van der Waals surface area contributed by atoms with Crippen molar-refractivity contribution in [2.45, 2.75) is 202 Å². The number of fused-ring (bicyclic) bond motifs is 7. The lowest BCUT2D eigenvalue weighted by atomic mass is 9.42. The fourth-order valence-corrected chi connectivity index (χ4v) is 24.2. The molecule has 11 aliphatic rings. The third kappa shape index (κ3) is 21.9. The number of hydrogen-bond acceptors (Lipinski definition) is 32. The van der Waals surface area contributed by atoms with E-state index in [-0.39, 0.29) is 118 Å². The zero-order chi connectivity index (χ0) is 98.2. The van der Waals surface area contributed by atoms with Crippen LogP contribution in [0.25, 0.3) is 41.4 Å². The van der Waals surface area contributed by atoms with Gasteiger partial charge in [-0.1, -0.05) is 55.7 Å². The summed E-state index contributed by atoms with van der Waals surface area (Å²) in [7, 11) is 0. The zero-order valence-corrected chi connectivity index (χ0v) is 83.1. The van der Waals surface area contributed by atoms with Crippen molar-refractivity contribution >= 4 is 157 Å². The Morgan fingerprint density at radius 3 is 1.06 bits per heavy atom. The first-order valence-electron chi connectivity index (χ1n) is 48.6. The molecule has 0 spiro atoms. The number of halogens is 3. The number of Topliss-reactive ketones (excluding diaryl/α,β-unsaturated/α-hetero) is 4. The quantitative estimate of drug-likeness (QED) is 0.0338. The van der Waals surface area contributed by atoms with Crippen LogP contribution in [0.3, 0.4) is 0 Å². The van der Waals surface area contributed by atoms with Crippen LogP contribution in [0.5, 0.6) is 0 Å². The summed E-state index contributed by atoms with van der Waals surface area (Å²) < 4.78 is 43.5. The molecule has 141 heavy (non-hydrogen) atoms. The third-order valence-corrected chi connectivity index (χ3v) is 32.9. The largest absolute Gasteiger partial charge is 0.348 e. The molecule has 32 nitrogen and oxygen atoms in total. The molecule has 4 aliphatic heterocycles. The van der Waals surface area contributed by atoms with Gasteiger partial charge in [-0.25, -0.2) is 53.0 Å². The molecular weight excluding hydrogens is 1870 g/mol. The number of thiazole rings is 4. The number of ketones is 4. The number of benzene rings is 1.